The third kappa shape index (κ3) is 4.26. The Bertz CT molecular complexity index is 834. The molecule has 25 heavy (non-hydrogen) atoms. The Hall–Kier alpha value is -3.09. The Morgan fingerprint density at radius 2 is 1.88 bits per heavy atom. The largest absolute Gasteiger partial charge is 0.457 e. The molecule has 2 aromatic carbocycles. The van der Waals surface area contributed by atoms with Crippen LogP contribution in [0.25, 0.3) is 5.69 Å². The van der Waals surface area contributed by atoms with E-state index in [0.29, 0.717) is 5.82 Å². The number of esters is 1. The second kappa shape index (κ2) is 7.65. The quantitative estimate of drug-likeness (QED) is 0.645. The average Bonchev–Trinajstić information content (AvgIpc) is 3.10. The van der Waals surface area contributed by atoms with Crippen LogP contribution in [0.3, 0.4) is 0 Å². The zero-order chi connectivity index (χ0) is 17.6. The van der Waals surface area contributed by atoms with Gasteiger partial charge in [-0.25, -0.2) is 4.39 Å². The number of halogens is 1. The third-order valence-corrected chi connectivity index (χ3v) is 3.81. The first-order valence-electron chi connectivity index (χ1n) is 7.87. The number of para-hydroxylation sites is 1. The molecule has 0 radical (unpaired) electrons. The second-order valence-electron chi connectivity index (χ2n) is 5.66. The summed E-state index contributed by atoms with van der Waals surface area (Å²) in [5.74, 6) is -0.294. The van der Waals surface area contributed by atoms with E-state index in [2.05, 4.69) is 15.5 Å². The first kappa shape index (κ1) is 16.8. The van der Waals surface area contributed by atoms with Crippen molar-refractivity contribution in [2.45, 2.75) is 25.9 Å². The molecule has 128 valence electrons. The van der Waals surface area contributed by atoms with Crippen LogP contribution in [0.4, 0.5) is 4.39 Å². The van der Waals surface area contributed by atoms with Crippen molar-refractivity contribution in [3.05, 3.63) is 71.8 Å². The summed E-state index contributed by atoms with van der Waals surface area (Å²) in [6.07, 6.45) is 0.193. The lowest BCUT2D eigenvalue weighted by atomic mass is 9.98. The summed E-state index contributed by atoms with van der Waals surface area (Å²) < 4.78 is 19.8. The molecule has 0 fully saturated rings. The Morgan fingerprint density at radius 3 is 2.60 bits per heavy atom. The summed E-state index contributed by atoms with van der Waals surface area (Å²) in [5, 5.41) is 11.4. The number of carbonyl (C=O) groups is 1. The molecule has 3 rings (SSSR count). The van der Waals surface area contributed by atoms with Crippen molar-refractivity contribution >= 4 is 5.97 Å². The van der Waals surface area contributed by atoms with E-state index < -0.39 is 0 Å². The van der Waals surface area contributed by atoms with E-state index in [1.165, 1.54) is 16.8 Å². The maximum Gasteiger partial charge on any atom is 0.306 e. The summed E-state index contributed by atoms with van der Waals surface area (Å²) in [6.45, 7) is 1.87. The van der Waals surface area contributed by atoms with Crippen LogP contribution in [0.1, 0.15) is 30.7 Å². The van der Waals surface area contributed by atoms with Crippen molar-refractivity contribution < 1.29 is 13.9 Å². The molecule has 1 atom stereocenters. The van der Waals surface area contributed by atoms with E-state index in [9.17, 15) is 9.18 Å². The van der Waals surface area contributed by atoms with Gasteiger partial charge in [0.1, 0.15) is 5.82 Å². The van der Waals surface area contributed by atoms with Crippen LogP contribution in [0.15, 0.2) is 54.6 Å². The van der Waals surface area contributed by atoms with Crippen LogP contribution in [0.2, 0.25) is 0 Å². The number of ether oxygens (including phenoxy) is 1. The molecule has 0 aliphatic rings. The standard InChI is InChI=1S/C18H17FN4O2/c1-13(14-7-9-15(19)10-8-14)11-18(24)25-12-17-20-21-22-23(17)16-5-3-2-4-6-16/h2-10,13H,11-12H2,1H3. The van der Waals surface area contributed by atoms with Gasteiger partial charge in [0, 0.05) is 0 Å². The summed E-state index contributed by atoms with van der Waals surface area (Å²) in [7, 11) is 0. The van der Waals surface area contributed by atoms with Gasteiger partial charge in [0.25, 0.3) is 0 Å². The summed E-state index contributed by atoms with van der Waals surface area (Å²) >= 11 is 0. The highest BCUT2D eigenvalue weighted by Crippen LogP contribution is 2.20. The van der Waals surface area contributed by atoms with Crippen molar-refractivity contribution in [1.29, 1.82) is 0 Å². The number of rotatable bonds is 6. The van der Waals surface area contributed by atoms with Gasteiger partial charge in [-0.1, -0.05) is 37.3 Å². The zero-order valence-electron chi connectivity index (χ0n) is 13.7. The predicted molar refractivity (Wildman–Crippen MR) is 88.4 cm³/mol. The van der Waals surface area contributed by atoms with Crippen LogP contribution in [-0.2, 0) is 16.1 Å². The van der Waals surface area contributed by atoms with E-state index in [1.54, 1.807) is 12.1 Å². The molecule has 1 unspecified atom stereocenters. The van der Waals surface area contributed by atoms with Gasteiger partial charge in [0.15, 0.2) is 12.4 Å². The van der Waals surface area contributed by atoms with E-state index in [-0.39, 0.29) is 30.7 Å². The van der Waals surface area contributed by atoms with Crippen molar-refractivity contribution in [3.63, 3.8) is 0 Å². The summed E-state index contributed by atoms with van der Waals surface area (Å²) in [6, 6.07) is 15.5. The fourth-order valence-corrected chi connectivity index (χ4v) is 2.43. The summed E-state index contributed by atoms with van der Waals surface area (Å²) in [4.78, 5) is 12.1. The average molecular weight is 340 g/mol. The third-order valence-electron chi connectivity index (χ3n) is 3.81. The summed E-state index contributed by atoms with van der Waals surface area (Å²) in [5.41, 5.74) is 1.67. The fraction of sp³-hybridized carbons (Fsp3) is 0.222. The van der Waals surface area contributed by atoms with Gasteiger partial charge in [-0.3, -0.25) is 4.79 Å². The van der Waals surface area contributed by atoms with Crippen molar-refractivity contribution in [1.82, 2.24) is 20.2 Å². The smallest absolute Gasteiger partial charge is 0.306 e. The number of hydrogen-bond acceptors (Lipinski definition) is 5. The highest BCUT2D eigenvalue weighted by Gasteiger charge is 2.15. The van der Waals surface area contributed by atoms with E-state index in [0.717, 1.165) is 11.3 Å². The number of benzene rings is 2. The molecular weight excluding hydrogens is 323 g/mol. The molecule has 0 bridgehead atoms. The zero-order valence-corrected chi connectivity index (χ0v) is 13.7. The molecule has 0 amide bonds. The molecule has 3 aromatic rings. The normalized spacial score (nSPS) is 11.9. The highest BCUT2D eigenvalue weighted by molar-refractivity contribution is 5.70. The molecular formula is C18H17FN4O2. The van der Waals surface area contributed by atoms with Crippen LogP contribution in [0, 0.1) is 5.82 Å². The van der Waals surface area contributed by atoms with Gasteiger partial charge in [-0.2, -0.15) is 4.68 Å². The first-order valence-corrected chi connectivity index (χ1v) is 7.87. The number of carbonyl (C=O) groups excluding carboxylic acids is 1. The van der Waals surface area contributed by atoms with Crippen molar-refractivity contribution in [3.8, 4) is 5.69 Å². The van der Waals surface area contributed by atoms with Crippen LogP contribution in [0.5, 0.6) is 0 Å². The van der Waals surface area contributed by atoms with Crippen LogP contribution >= 0.6 is 0 Å². The minimum atomic E-state index is -0.362. The van der Waals surface area contributed by atoms with E-state index >= 15 is 0 Å². The maximum absolute atomic E-state index is 13.0. The van der Waals surface area contributed by atoms with Crippen LogP contribution < -0.4 is 0 Å². The van der Waals surface area contributed by atoms with Crippen molar-refractivity contribution in [2.75, 3.05) is 0 Å². The van der Waals surface area contributed by atoms with Gasteiger partial charge in [-0.15, -0.1) is 5.10 Å². The lowest BCUT2D eigenvalue weighted by Gasteiger charge is -2.11. The monoisotopic (exact) mass is 340 g/mol. The van der Waals surface area contributed by atoms with Crippen LogP contribution in [-0.4, -0.2) is 26.2 Å². The van der Waals surface area contributed by atoms with Gasteiger partial charge in [0.2, 0.25) is 0 Å². The minimum absolute atomic E-state index is 0.0170. The lowest BCUT2D eigenvalue weighted by molar-refractivity contribution is -0.145. The Balaban J connectivity index is 1.58. The molecule has 0 N–H and O–H groups in total. The Morgan fingerprint density at radius 1 is 1.16 bits per heavy atom. The van der Waals surface area contributed by atoms with Gasteiger partial charge < -0.3 is 4.74 Å². The molecule has 0 spiro atoms. The molecule has 6 nitrogen and oxygen atoms in total. The van der Waals surface area contributed by atoms with Gasteiger partial charge >= 0.3 is 5.97 Å². The van der Waals surface area contributed by atoms with Crippen molar-refractivity contribution in [2.24, 2.45) is 0 Å². The van der Waals surface area contributed by atoms with Gasteiger partial charge in [0.05, 0.1) is 12.1 Å². The van der Waals surface area contributed by atoms with E-state index in [1.807, 2.05) is 37.3 Å². The minimum Gasteiger partial charge on any atom is -0.457 e. The van der Waals surface area contributed by atoms with Gasteiger partial charge in [-0.05, 0) is 46.2 Å². The molecule has 0 saturated carbocycles. The second-order valence-corrected chi connectivity index (χ2v) is 5.66. The number of aromatic nitrogens is 4. The lowest BCUT2D eigenvalue weighted by Crippen LogP contribution is -2.12. The predicted octanol–water partition coefficient (Wildman–Crippen LogP) is 3.04. The molecule has 1 heterocycles. The Labute approximate surface area is 144 Å². The molecule has 0 saturated heterocycles. The van der Waals surface area contributed by atoms with E-state index in [4.69, 9.17) is 4.74 Å². The highest BCUT2D eigenvalue weighted by atomic mass is 19.1. The number of hydrogen-bond donors (Lipinski definition) is 0. The molecule has 0 aliphatic carbocycles. The first-order chi connectivity index (χ1) is 12.1. The number of nitrogens with zero attached hydrogens (tertiary/aromatic N) is 4. The molecule has 0 aliphatic heterocycles. The number of tetrazole rings is 1. The molecule has 7 heteroatoms. The Kier molecular flexibility index (Phi) is 5.13. The SMILES string of the molecule is CC(CC(=O)OCc1nnnn1-c1ccccc1)c1ccc(F)cc1. The molecule has 1 aromatic heterocycles. The maximum atomic E-state index is 13.0. The topological polar surface area (TPSA) is 69.9 Å². The fourth-order valence-electron chi connectivity index (χ4n) is 2.43.